The number of amidine groups is 1. The molecular formula is C20H14N6. The first-order chi connectivity index (χ1) is 12.7. The Morgan fingerprint density at radius 1 is 1.08 bits per heavy atom. The molecule has 0 aliphatic heterocycles. The zero-order valence-corrected chi connectivity index (χ0v) is 13.7. The number of azide groups is 1. The molecule has 1 aromatic heterocycles. The molecule has 0 aliphatic rings. The van der Waals surface area contributed by atoms with Gasteiger partial charge in [-0.1, -0.05) is 59.7 Å². The lowest BCUT2D eigenvalue weighted by molar-refractivity contribution is 1.39. The van der Waals surface area contributed by atoms with Gasteiger partial charge in [-0.05, 0) is 22.5 Å². The van der Waals surface area contributed by atoms with E-state index in [2.05, 4.69) is 15.0 Å². The van der Waals surface area contributed by atoms with E-state index < -0.39 is 0 Å². The molecule has 0 aliphatic carbocycles. The Balaban J connectivity index is 2.28. The molecule has 0 atom stereocenters. The predicted octanol–water partition coefficient (Wildman–Crippen LogP) is 5.28. The van der Waals surface area contributed by atoms with Gasteiger partial charge in [-0.2, -0.15) is 0 Å². The maximum atomic E-state index is 9.21. The topological polar surface area (TPSA) is 112 Å². The monoisotopic (exact) mass is 338 g/mol. The van der Waals surface area contributed by atoms with Crippen LogP contribution in [0.1, 0.15) is 5.56 Å². The van der Waals surface area contributed by atoms with Crippen molar-refractivity contribution in [1.29, 1.82) is 5.41 Å². The standard InChI is InChI=1S/C20H14N6/c21-20(22)15-10-16-18(14-9-5-4-8-13(14)11-24-16)19(25-26-23)17(15)12-6-2-1-3-7-12/h1-11H,(H3,21,22). The summed E-state index contributed by atoms with van der Waals surface area (Å²) in [6.07, 6.45) is 1.77. The van der Waals surface area contributed by atoms with Gasteiger partial charge in [0.15, 0.2) is 0 Å². The van der Waals surface area contributed by atoms with Crippen LogP contribution in [0.3, 0.4) is 0 Å². The number of fused-ring (bicyclic) bond motifs is 3. The molecule has 124 valence electrons. The SMILES string of the molecule is [N-]=[N+]=Nc1c(-c2ccccc2)c(C(=N)N)cc2ncc3ccccc3c12. The summed E-state index contributed by atoms with van der Waals surface area (Å²) in [6.45, 7) is 0. The van der Waals surface area contributed by atoms with Gasteiger partial charge in [0.1, 0.15) is 5.84 Å². The van der Waals surface area contributed by atoms with Gasteiger partial charge in [-0.15, -0.1) is 0 Å². The van der Waals surface area contributed by atoms with E-state index in [0.29, 0.717) is 22.3 Å². The highest BCUT2D eigenvalue weighted by Crippen LogP contribution is 2.42. The number of benzene rings is 3. The normalized spacial score (nSPS) is 10.6. The molecule has 0 saturated carbocycles. The fourth-order valence-electron chi connectivity index (χ4n) is 3.25. The molecule has 4 aromatic rings. The van der Waals surface area contributed by atoms with Gasteiger partial charge in [-0.25, -0.2) is 0 Å². The van der Waals surface area contributed by atoms with Gasteiger partial charge in [-0.3, -0.25) is 10.4 Å². The lowest BCUT2D eigenvalue weighted by atomic mass is 9.92. The predicted molar refractivity (Wildman–Crippen MR) is 105 cm³/mol. The molecule has 0 spiro atoms. The molecule has 0 radical (unpaired) electrons. The van der Waals surface area contributed by atoms with E-state index in [1.807, 2.05) is 54.6 Å². The number of hydrogen-bond acceptors (Lipinski definition) is 3. The van der Waals surface area contributed by atoms with Gasteiger partial charge in [0.05, 0.1) is 11.2 Å². The molecular weight excluding hydrogens is 324 g/mol. The summed E-state index contributed by atoms with van der Waals surface area (Å²) in [5.74, 6) is -0.102. The number of nitrogen functional groups attached to an aromatic ring is 1. The largest absolute Gasteiger partial charge is 0.384 e. The number of pyridine rings is 1. The van der Waals surface area contributed by atoms with Gasteiger partial charge in [0.2, 0.25) is 0 Å². The zero-order chi connectivity index (χ0) is 18.1. The molecule has 26 heavy (non-hydrogen) atoms. The van der Waals surface area contributed by atoms with Crippen molar-refractivity contribution >= 4 is 33.2 Å². The molecule has 0 saturated heterocycles. The van der Waals surface area contributed by atoms with Crippen LogP contribution >= 0.6 is 0 Å². The third-order valence-corrected chi connectivity index (χ3v) is 4.35. The smallest absolute Gasteiger partial charge is 0.123 e. The van der Waals surface area contributed by atoms with Gasteiger partial charge in [0, 0.05) is 33.0 Å². The van der Waals surface area contributed by atoms with Crippen molar-refractivity contribution in [2.45, 2.75) is 0 Å². The summed E-state index contributed by atoms with van der Waals surface area (Å²) in [5.41, 5.74) is 18.1. The van der Waals surface area contributed by atoms with Crippen molar-refractivity contribution < 1.29 is 0 Å². The van der Waals surface area contributed by atoms with E-state index in [1.54, 1.807) is 12.3 Å². The van der Waals surface area contributed by atoms with Gasteiger partial charge in [0.25, 0.3) is 0 Å². The van der Waals surface area contributed by atoms with Crippen molar-refractivity contribution in [3.63, 3.8) is 0 Å². The summed E-state index contributed by atoms with van der Waals surface area (Å²) >= 11 is 0. The van der Waals surface area contributed by atoms with Crippen LogP contribution in [0, 0.1) is 5.41 Å². The lowest BCUT2D eigenvalue weighted by Gasteiger charge is -2.16. The second-order valence-electron chi connectivity index (χ2n) is 5.86. The molecule has 0 fully saturated rings. The molecule has 3 N–H and O–H groups in total. The van der Waals surface area contributed by atoms with E-state index >= 15 is 0 Å². The molecule has 0 bridgehead atoms. The first-order valence-corrected chi connectivity index (χ1v) is 8.00. The van der Waals surface area contributed by atoms with Crippen LogP contribution in [0.5, 0.6) is 0 Å². The van der Waals surface area contributed by atoms with Crippen molar-refractivity contribution in [2.24, 2.45) is 10.8 Å². The minimum atomic E-state index is -0.102. The van der Waals surface area contributed by atoms with E-state index in [0.717, 1.165) is 21.7 Å². The minimum absolute atomic E-state index is 0.102. The summed E-state index contributed by atoms with van der Waals surface area (Å²) < 4.78 is 0. The Kier molecular flexibility index (Phi) is 3.73. The number of rotatable bonds is 3. The van der Waals surface area contributed by atoms with Crippen molar-refractivity contribution in [3.8, 4) is 11.1 Å². The Hall–Kier alpha value is -3.89. The Bertz CT molecular complexity index is 1210. The third kappa shape index (κ3) is 2.42. The second kappa shape index (κ2) is 6.20. The highest BCUT2D eigenvalue weighted by atomic mass is 15.1. The Morgan fingerprint density at radius 3 is 2.54 bits per heavy atom. The fraction of sp³-hybridized carbons (Fsp3) is 0. The van der Waals surface area contributed by atoms with Crippen molar-refractivity contribution in [3.05, 3.63) is 82.9 Å². The van der Waals surface area contributed by atoms with E-state index in [4.69, 9.17) is 11.1 Å². The number of nitrogens with one attached hydrogen (secondary N) is 1. The average Bonchev–Trinajstić information content (AvgIpc) is 2.68. The zero-order valence-electron chi connectivity index (χ0n) is 13.7. The Labute approximate surface area is 149 Å². The van der Waals surface area contributed by atoms with Crippen LogP contribution in [0.2, 0.25) is 0 Å². The van der Waals surface area contributed by atoms with Crippen molar-refractivity contribution in [1.82, 2.24) is 4.98 Å². The second-order valence-corrected chi connectivity index (χ2v) is 5.86. The molecule has 6 heteroatoms. The summed E-state index contributed by atoms with van der Waals surface area (Å²) in [4.78, 5) is 7.53. The van der Waals surface area contributed by atoms with Gasteiger partial charge < -0.3 is 5.73 Å². The summed E-state index contributed by atoms with van der Waals surface area (Å²) in [6, 6.07) is 19.1. The highest BCUT2D eigenvalue weighted by molar-refractivity contribution is 6.18. The van der Waals surface area contributed by atoms with Crippen molar-refractivity contribution in [2.75, 3.05) is 0 Å². The molecule has 1 heterocycles. The molecule has 4 rings (SSSR count). The number of nitrogens with zero attached hydrogens (tertiary/aromatic N) is 4. The van der Waals surface area contributed by atoms with Crippen LogP contribution in [-0.2, 0) is 0 Å². The van der Waals surface area contributed by atoms with Crippen LogP contribution < -0.4 is 5.73 Å². The van der Waals surface area contributed by atoms with Crippen LogP contribution in [0.25, 0.3) is 43.2 Å². The van der Waals surface area contributed by atoms with E-state index in [1.165, 1.54) is 0 Å². The van der Waals surface area contributed by atoms with Crippen LogP contribution in [0.15, 0.2) is 72.0 Å². The van der Waals surface area contributed by atoms with Crippen LogP contribution in [-0.4, -0.2) is 10.8 Å². The summed E-state index contributed by atoms with van der Waals surface area (Å²) in [5, 5.41) is 14.6. The molecule has 3 aromatic carbocycles. The lowest BCUT2D eigenvalue weighted by Crippen LogP contribution is -2.13. The quantitative estimate of drug-likeness (QED) is 0.132. The van der Waals surface area contributed by atoms with Crippen LogP contribution in [0.4, 0.5) is 5.69 Å². The number of aromatic nitrogens is 1. The number of hydrogen-bond donors (Lipinski definition) is 2. The molecule has 0 unspecified atom stereocenters. The van der Waals surface area contributed by atoms with E-state index in [-0.39, 0.29) is 5.84 Å². The third-order valence-electron chi connectivity index (χ3n) is 4.35. The number of nitrogens with two attached hydrogens (primary N) is 1. The fourth-order valence-corrected chi connectivity index (χ4v) is 3.25. The van der Waals surface area contributed by atoms with E-state index in [9.17, 15) is 5.53 Å². The Morgan fingerprint density at radius 2 is 1.81 bits per heavy atom. The maximum absolute atomic E-state index is 9.21. The molecule has 0 amide bonds. The highest BCUT2D eigenvalue weighted by Gasteiger charge is 2.18. The molecule has 6 nitrogen and oxygen atoms in total. The maximum Gasteiger partial charge on any atom is 0.123 e. The first kappa shape index (κ1) is 15.6. The average molecular weight is 338 g/mol. The summed E-state index contributed by atoms with van der Waals surface area (Å²) in [7, 11) is 0. The first-order valence-electron chi connectivity index (χ1n) is 8.00. The van der Waals surface area contributed by atoms with Gasteiger partial charge >= 0.3 is 0 Å². The minimum Gasteiger partial charge on any atom is -0.384 e.